The Balaban J connectivity index is 2.14. The number of rotatable bonds is 3. The molecule has 0 heterocycles. The number of hydrogen-bond donors (Lipinski definition) is 0. The maximum atomic E-state index is 10.5. The van der Waals surface area contributed by atoms with E-state index in [1.54, 1.807) is 0 Å². The van der Waals surface area contributed by atoms with E-state index in [0.717, 1.165) is 11.8 Å². The van der Waals surface area contributed by atoms with E-state index in [-0.39, 0.29) is 0 Å². The van der Waals surface area contributed by atoms with E-state index in [1.807, 2.05) is 30.3 Å². The van der Waals surface area contributed by atoms with Gasteiger partial charge < -0.3 is 0 Å². The summed E-state index contributed by atoms with van der Waals surface area (Å²) in [5.41, 5.74) is 4.24. The number of carbonyl (C=O) groups is 1. The van der Waals surface area contributed by atoms with Crippen LogP contribution in [0.1, 0.15) is 27.0 Å². The lowest BCUT2D eigenvalue weighted by Gasteiger charge is -1.96. The van der Waals surface area contributed by atoms with E-state index < -0.39 is 0 Å². The van der Waals surface area contributed by atoms with Gasteiger partial charge in [-0.1, -0.05) is 66.2 Å². The summed E-state index contributed by atoms with van der Waals surface area (Å²) in [6, 6.07) is 15.9. The van der Waals surface area contributed by atoms with Crippen LogP contribution in [0.2, 0.25) is 0 Å². The van der Waals surface area contributed by atoms with Gasteiger partial charge in [-0.05, 0) is 18.1 Å². The van der Waals surface area contributed by atoms with Gasteiger partial charge in [0.05, 0.1) is 0 Å². The summed E-state index contributed by atoms with van der Waals surface area (Å²) in [5, 5.41) is 0. The van der Waals surface area contributed by atoms with Gasteiger partial charge in [-0.15, -0.1) is 0 Å². The third-order valence-electron chi connectivity index (χ3n) is 2.62. The molecule has 0 radical (unpaired) electrons. The van der Waals surface area contributed by atoms with Gasteiger partial charge in [0.2, 0.25) is 0 Å². The van der Waals surface area contributed by atoms with Crippen LogP contribution >= 0.6 is 0 Å². The number of hydrogen-bond acceptors (Lipinski definition) is 1. The lowest BCUT2D eigenvalue weighted by Crippen LogP contribution is -1.79. The van der Waals surface area contributed by atoms with E-state index >= 15 is 0 Å². The highest BCUT2D eigenvalue weighted by Crippen LogP contribution is 2.10. The molecule has 0 aliphatic heterocycles. The Kier molecular flexibility index (Phi) is 3.51. The summed E-state index contributed by atoms with van der Waals surface area (Å²) in [7, 11) is 0. The third kappa shape index (κ3) is 3.15. The normalized spacial score (nSPS) is 10.6. The van der Waals surface area contributed by atoms with E-state index in [2.05, 4.69) is 37.3 Å². The molecule has 2 aromatic carbocycles. The number of aryl methyl sites for hydroxylation is 1. The molecule has 2 aromatic rings. The first-order chi connectivity index (χ1) is 8.28. The lowest BCUT2D eigenvalue weighted by molar-refractivity contribution is 0.112. The van der Waals surface area contributed by atoms with Crippen molar-refractivity contribution in [1.29, 1.82) is 0 Å². The third-order valence-corrected chi connectivity index (χ3v) is 2.62. The molecule has 0 spiro atoms. The quantitative estimate of drug-likeness (QED) is 0.567. The average Bonchev–Trinajstić information content (AvgIpc) is 2.39. The zero-order valence-electron chi connectivity index (χ0n) is 9.76. The number of aldehydes is 1. The molecule has 0 atom stereocenters. The Morgan fingerprint density at radius 2 is 1.12 bits per heavy atom. The second-order valence-electron chi connectivity index (χ2n) is 4.03. The van der Waals surface area contributed by atoms with Gasteiger partial charge in [0.15, 0.2) is 0 Å². The van der Waals surface area contributed by atoms with Crippen LogP contribution in [-0.4, -0.2) is 6.29 Å². The molecule has 0 aliphatic carbocycles. The highest BCUT2D eigenvalue weighted by molar-refractivity contribution is 5.76. The van der Waals surface area contributed by atoms with Crippen LogP contribution in [0, 0.1) is 6.92 Å². The van der Waals surface area contributed by atoms with Crippen molar-refractivity contribution in [2.24, 2.45) is 0 Å². The summed E-state index contributed by atoms with van der Waals surface area (Å²) in [6.45, 7) is 2.08. The van der Waals surface area contributed by atoms with Crippen LogP contribution in [0.5, 0.6) is 0 Å². The summed E-state index contributed by atoms with van der Waals surface area (Å²) < 4.78 is 0. The Hall–Kier alpha value is -2.15. The first-order valence-electron chi connectivity index (χ1n) is 5.58. The van der Waals surface area contributed by atoms with Crippen LogP contribution in [0.3, 0.4) is 0 Å². The van der Waals surface area contributed by atoms with Crippen molar-refractivity contribution < 1.29 is 4.79 Å². The molecule has 0 bridgehead atoms. The molecule has 0 fully saturated rings. The molecule has 0 saturated heterocycles. The Morgan fingerprint density at radius 1 is 0.706 bits per heavy atom. The highest BCUT2D eigenvalue weighted by Gasteiger charge is 1.90. The van der Waals surface area contributed by atoms with E-state index in [4.69, 9.17) is 0 Å². The minimum atomic E-state index is 0.706. The fraction of sp³-hybridized carbons (Fsp3) is 0.0625. The summed E-state index contributed by atoms with van der Waals surface area (Å²) in [4.78, 5) is 10.5. The summed E-state index contributed by atoms with van der Waals surface area (Å²) >= 11 is 0. The molecule has 17 heavy (non-hydrogen) atoms. The molecule has 0 amide bonds. The zero-order chi connectivity index (χ0) is 12.1. The van der Waals surface area contributed by atoms with E-state index in [0.29, 0.717) is 5.56 Å². The van der Waals surface area contributed by atoms with Crippen LogP contribution in [-0.2, 0) is 0 Å². The molecule has 0 aliphatic rings. The largest absolute Gasteiger partial charge is 0.298 e. The average molecular weight is 222 g/mol. The van der Waals surface area contributed by atoms with Crippen molar-refractivity contribution in [2.45, 2.75) is 6.92 Å². The first-order valence-corrected chi connectivity index (χ1v) is 5.58. The van der Waals surface area contributed by atoms with Crippen LogP contribution < -0.4 is 0 Å². The van der Waals surface area contributed by atoms with Crippen molar-refractivity contribution in [2.75, 3.05) is 0 Å². The van der Waals surface area contributed by atoms with Gasteiger partial charge >= 0.3 is 0 Å². The van der Waals surface area contributed by atoms with Crippen molar-refractivity contribution in [3.8, 4) is 0 Å². The smallest absolute Gasteiger partial charge is 0.150 e. The molecule has 0 aromatic heterocycles. The second kappa shape index (κ2) is 5.26. The molecular formula is C16H14O. The maximum Gasteiger partial charge on any atom is 0.150 e. The van der Waals surface area contributed by atoms with Gasteiger partial charge in [-0.3, -0.25) is 4.79 Å². The number of benzene rings is 2. The minimum Gasteiger partial charge on any atom is -0.298 e. The zero-order valence-corrected chi connectivity index (χ0v) is 9.76. The Labute approximate surface area is 101 Å². The summed E-state index contributed by atoms with van der Waals surface area (Å²) in [6.07, 6.45) is 4.96. The van der Waals surface area contributed by atoms with Gasteiger partial charge in [0.1, 0.15) is 6.29 Å². The van der Waals surface area contributed by atoms with Crippen molar-refractivity contribution in [3.63, 3.8) is 0 Å². The predicted molar refractivity (Wildman–Crippen MR) is 71.9 cm³/mol. The number of carbonyl (C=O) groups excluding carboxylic acids is 1. The first kappa shape index (κ1) is 11.3. The van der Waals surface area contributed by atoms with Gasteiger partial charge in [-0.25, -0.2) is 0 Å². The monoisotopic (exact) mass is 222 g/mol. The maximum absolute atomic E-state index is 10.5. The lowest BCUT2D eigenvalue weighted by atomic mass is 10.1. The van der Waals surface area contributed by atoms with Gasteiger partial charge in [-0.2, -0.15) is 0 Å². The molecule has 2 rings (SSSR count). The molecule has 0 N–H and O–H groups in total. The predicted octanol–water partition coefficient (Wildman–Crippen LogP) is 3.98. The van der Waals surface area contributed by atoms with Crippen LogP contribution in [0.4, 0.5) is 0 Å². The van der Waals surface area contributed by atoms with E-state index in [1.165, 1.54) is 11.1 Å². The SMILES string of the molecule is Cc1ccc(C=Cc2ccc(C=O)cc2)cc1. The fourth-order valence-electron chi connectivity index (χ4n) is 1.56. The van der Waals surface area contributed by atoms with Crippen LogP contribution in [0.25, 0.3) is 12.2 Å². The van der Waals surface area contributed by atoms with Crippen molar-refractivity contribution >= 4 is 18.4 Å². The standard InChI is InChI=1S/C16H14O/c1-13-2-4-14(5-3-13)6-7-15-8-10-16(12-17)11-9-15/h2-12H,1H3. The molecule has 84 valence electrons. The topological polar surface area (TPSA) is 17.1 Å². The Morgan fingerprint density at radius 3 is 1.59 bits per heavy atom. The van der Waals surface area contributed by atoms with Gasteiger partial charge in [0.25, 0.3) is 0 Å². The second-order valence-corrected chi connectivity index (χ2v) is 4.03. The summed E-state index contributed by atoms with van der Waals surface area (Å²) in [5.74, 6) is 0. The highest BCUT2D eigenvalue weighted by atomic mass is 16.1. The fourth-order valence-corrected chi connectivity index (χ4v) is 1.56. The van der Waals surface area contributed by atoms with Crippen LogP contribution in [0.15, 0.2) is 48.5 Å². The van der Waals surface area contributed by atoms with E-state index in [9.17, 15) is 4.79 Å². The molecule has 1 nitrogen and oxygen atoms in total. The van der Waals surface area contributed by atoms with Crippen molar-refractivity contribution in [3.05, 3.63) is 70.8 Å². The molecule has 0 unspecified atom stereocenters. The molecule has 1 heteroatoms. The van der Waals surface area contributed by atoms with Crippen molar-refractivity contribution in [1.82, 2.24) is 0 Å². The molecular weight excluding hydrogens is 208 g/mol. The Bertz CT molecular complexity index is 518. The minimum absolute atomic E-state index is 0.706. The molecule has 0 saturated carbocycles. The van der Waals surface area contributed by atoms with Gasteiger partial charge in [0, 0.05) is 5.56 Å².